The van der Waals surface area contributed by atoms with E-state index in [2.05, 4.69) is 35.1 Å². The molecule has 1 aromatic heterocycles. The average molecular weight is 329 g/mol. The summed E-state index contributed by atoms with van der Waals surface area (Å²) in [7, 11) is 0. The van der Waals surface area contributed by atoms with Crippen LogP contribution in [0.2, 0.25) is 0 Å². The third-order valence-corrected chi connectivity index (χ3v) is 4.40. The van der Waals surface area contributed by atoms with Gasteiger partial charge in [-0.1, -0.05) is 12.1 Å². The molecule has 2 amide bonds. The molecule has 0 atom stereocenters. The van der Waals surface area contributed by atoms with Crippen LogP contribution in [-0.4, -0.2) is 41.2 Å². The number of nitrogens with zero attached hydrogens (tertiary/aromatic N) is 2. The summed E-state index contributed by atoms with van der Waals surface area (Å²) in [6.45, 7) is 6.22. The van der Waals surface area contributed by atoms with Gasteiger partial charge in [0, 0.05) is 36.7 Å². The van der Waals surface area contributed by atoms with E-state index in [1.54, 1.807) is 11.8 Å². The van der Waals surface area contributed by atoms with Crippen molar-refractivity contribution in [1.29, 1.82) is 0 Å². The minimum atomic E-state index is -0.413. The van der Waals surface area contributed by atoms with Crippen molar-refractivity contribution in [2.75, 3.05) is 19.7 Å². The lowest BCUT2D eigenvalue weighted by Crippen LogP contribution is -2.42. The molecule has 0 aliphatic carbocycles. The molecule has 0 spiro atoms. The van der Waals surface area contributed by atoms with Gasteiger partial charge in [-0.05, 0) is 37.5 Å². The van der Waals surface area contributed by atoms with Crippen LogP contribution in [0.1, 0.15) is 25.0 Å². The van der Waals surface area contributed by atoms with Crippen LogP contribution in [0.5, 0.6) is 0 Å². The number of urea groups is 1. The average Bonchev–Trinajstić information content (AvgIpc) is 2.84. The Morgan fingerprint density at radius 1 is 1.25 bits per heavy atom. The summed E-state index contributed by atoms with van der Waals surface area (Å²) in [5.74, 6) is -0.413. The predicted molar refractivity (Wildman–Crippen MR) is 91.8 cm³/mol. The summed E-state index contributed by atoms with van der Waals surface area (Å²) in [5.41, 5.74) is 3.65. The second kappa shape index (κ2) is 6.95. The van der Waals surface area contributed by atoms with Gasteiger partial charge < -0.3 is 19.5 Å². The van der Waals surface area contributed by atoms with Gasteiger partial charge in [-0.25, -0.2) is 4.79 Å². The second-order valence-corrected chi connectivity index (χ2v) is 5.89. The molecule has 2 aromatic rings. The molecule has 0 fully saturated rings. The van der Waals surface area contributed by atoms with E-state index in [0.29, 0.717) is 19.7 Å². The highest BCUT2D eigenvalue weighted by Crippen LogP contribution is 2.29. The van der Waals surface area contributed by atoms with E-state index in [4.69, 9.17) is 4.74 Å². The maximum absolute atomic E-state index is 12.4. The molecule has 0 radical (unpaired) electrons. The molecular weight excluding hydrogens is 306 g/mol. The smallest absolute Gasteiger partial charge is 0.325 e. The Labute approximate surface area is 141 Å². The monoisotopic (exact) mass is 329 g/mol. The fraction of sp³-hybridized carbons (Fsp3) is 0.444. The van der Waals surface area contributed by atoms with Crippen LogP contribution in [0.15, 0.2) is 24.4 Å². The summed E-state index contributed by atoms with van der Waals surface area (Å²) < 4.78 is 7.09. The molecule has 2 heterocycles. The molecule has 3 rings (SSSR count). The third kappa shape index (κ3) is 3.09. The summed E-state index contributed by atoms with van der Waals surface area (Å²) >= 11 is 0. The van der Waals surface area contributed by atoms with Gasteiger partial charge in [0.05, 0.1) is 6.61 Å². The van der Waals surface area contributed by atoms with E-state index in [-0.39, 0.29) is 12.6 Å². The SMILES string of the molecule is CCOC(=O)CNC(=O)N1CCc2cn(CC)c3cccc(c23)C1. The number of esters is 1. The number of aryl methyl sites for hydroxylation is 1. The number of nitrogens with one attached hydrogen (secondary N) is 1. The van der Waals surface area contributed by atoms with Crippen LogP contribution in [0, 0.1) is 0 Å². The van der Waals surface area contributed by atoms with Crippen LogP contribution in [0.4, 0.5) is 4.79 Å². The molecule has 0 saturated carbocycles. The van der Waals surface area contributed by atoms with E-state index in [1.165, 1.54) is 16.5 Å². The van der Waals surface area contributed by atoms with Crippen molar-refractivity contribution in [3.63, 3.8) is 0 Å². The summed E-state index contributed by atoms with van der Waals surface area (Å²) in [6.07, 6.45) is 3.00. The first-order chi connectivity index (χ1) is 11.6. The van der Waals surface area contributed by atoms with Crippen LogP contribution >= 0.6 is 0 Å². The number of amides is 2. The minimum absolute atomic E-state index is 0.0949. The lowest BCUT2D eigenvalue weighted by atomic mass is 10.1. The lowest BCUT2D eigenvalue weighted by Gasteiger charge is -2.21. The molecule has 24 heavy (non-hydrogen) atoms. The molecule has 128 valence electrons. The minimum Gasteiger partial charge on any atom is -0.465 e. The highest BCUT2D eigenvalue weighted by molar-refractivity contribution is 5.89. The molecular formula is C18H23N3O3. The molecule has 0 bridgehead atoms. The second-order valence-electron chi connectivity index (χ2n) is 5.89. The van der Waals surface area contributed by atoms with E-state index in [0.717, 1.165) is 18.5 Å². The number of hydrogen-bond donors (Lipinski definition) is 1. The van der Waals surface area contributed by atoms with E-state index >= 15 is 0 Å². The molecule has 1 aromatic carbocycles. The highest BCUT2D eigenvalue weighted by atomic mass is 16.5. The van der Waals surface area contributed by atoms with Gasteiger partial charge in [0.25, 0.3) is 0 Å². The van der Waals surface area contributed by atoms with Gasteiger partial charge in [-0.2, -0.15) is 0 Å². The number of benzene rings is 1. The molecule has 0 unspecified atom stereocenters. The van der Waals surface area contributed by atoms with Crippen molar-refractivity contribution in [3.05, 3.63) is 35.5 Å². The number of aromatic nitrogens is 1. The maximum Gasteiger partial charge on any atom is 0.325 e. The van der Waals surface area contributed by atoms with Crippen LogP contribution in [0.25, 0.3) is 10.9 Å². The van der Waals surface area contributed by atoms with Crippen LogP contribution in [0.3, 0.4) is 0 Å². The first-order valence-electron chi connectivity index (χ1n) is 8.42. The Bertz CT molecular complexity index is 766. The van der Waals surface area contributed by atoms with Crippen molar-refractivity contribution in [1.82, 2.24) is 14.8 Å². The largest absolute Gasteiger partial charge is 0.465 e. The fourth-order valence-electron chi connectivity index (χ4n) is 3.29. The van der Waals surface area contributed by atoms with Gasteiger partial charge >= 0.3 is 12.0 Å². The molecule has 0 saturated heterocycles. The van der Waals surface area contributed by atoms with E-state index in [1.807, 2.05) is 6.07 Å². The van der Waals surface area contributed by atoms with Gasteiger partial charge in [0.1, 0.15) is 6.54 Å². The zero-order valence-corrected chi connectivity index (χ0v) is 14.2. The zero-order valence-electron chi connectivity index (χ0n) is 14.2. The Morgan fingerprint density at radius 3 is 2.83 bits per heavy atom. The Hall–Kier alpha value is -2.50. The first kappa shape index (κ1) is 16.4. The van der Waals surface area contributed by atoms with Crippen molar-refractivity contribution in [2.24, 2.45) is 0 Å². The van der Waals surface area contributed by atoms with Crippen LogP contribution in [-0.2, 0) is 29.0 Å². The topological polar surface area (TPSA) is 63.6 Å². The molecule has 1 aliphatic rings. The highest BCUT2D eigenvalue weighted by Gasteiger charge is 2.22. The number of hydrogen-bond acceptors (Lipinski definition) is 3. The van der Waals surface area contributed by atoms with Gasteiger partial charge in [-0.15, -0.1) is 0 Å². The first-order valence-corrected chi connectivity index (χ1v) is 8.42. The third-order valence-electron chi connectivity index (χ3n) is 4.40. The number of carbonyl (C=O) groups excluding carboxylic acids is 2. The summed E-state index contributed by atoms with van der Waals surface area (Å²) in [6, 6.07) is 6.01. The Morgan fingerprint density at radius 2 is 2.08 bits per heavy atom. The van der Waals surface area contributed by atoms with Crippen molar-refractivity contribution >= 4 is 22.9 Å². The fourth-order valence-corrected chi connectivity index (χ4v) is 3.29. The van der Waals surface area contributed by atoms with Crippen LogP contribution < -0.4 is 5.32 Å². The van der Waals surface area contributed by atoms with E-state index in [9.17, 15) is 9.59 Å². The van der Waals surface area contributed by atoms with Crippen molar-refractivity contribution in [2.45, 2.75) is 33.4 Å². The zero-order chi connectivity index (χ0) is 17.1. The molecule has 6 nitrogen and oxygen atoms in total. The van der Waals surface area contributed by atoms with Crippen molar-refractivity contribution in [3.8, 4) is 0 Å². The van der Waals surface area contributed by atoms with E-state index < -0.39 is 5.97 Å². The van der Waals surface area contributed by atoms with Gasteiger partial charge in [0.2, 0.25) is 0 Å². The van der Waals surface area contributed by atoms with Gasteiger partial charge in [-0.3, -0.25) is 4.79 Å². The Balaban J connectivity index is 1.77. The molecule has 6 heteroatoms. The standard InChI is InChI=1S/C18H23N3O3/c1-3-20-11-14-8-9-21(18(23)19-10-16(22)24-4-2)12-13-6-5-7-15(20)17(13)14/h5-7,11H,3-4,8-10,12H2,1-2H3,(H,19,23). The maximum atomic E-state index is 12.4. The normalized spacial score (nSPS) is 13.7. The quantitative estimate of drug-likeness (QED) is 0.876. The lowest BCUT2D eigenvalue weighted by molar-refractivity contribution is -0.141. The predicted octanol–water partition coefficient (Wildman–Crippen LogP) is 2.29. The molecule has 1 N–H and O–H groups in total. The summed E-state index contributed by atoms with van der Waals surface area (Å²) in [4.78, 5) is 25.5. The number of ether oxygens (including phenoxy) is 1. The molecule has 1 aliphatic heterocycles. The Kier molecular flexibility index (Phi) is 4.74. The van der Waals surface area contributed by atoms with Gasteiger partial charge in [0.15, 0.2) is 0 Å². The van der Waals surface area contributed by atoms with Crippen molar-refractivity contribution < 1.29 is 14.3 Å². The number of rotatable bonds is 4. The number of carbonyl (C=O) groups is 2. The summed E-state index contributed by atoms with van der Waals surface area (Å²) in [5, 5.41) is 3.91.